The third-order valence-electron chi connectivity index (χ3n) is 3.28. The monoisotopic (exact) mass is 234 g/mol. The summed E-state index contributed by atoms with van der Waals surface area (Å²) in [6, 6.07) is 0.594. The molecular weight excluding hydrogens is 208 g/mol. The number of aliphatic imine (C=N–C) groups is 1. The summed E-state index contributed by atoms with van der Waals surface area (Å²) in [6.07, 6.45) is 6.60. The van der Waals surface area contributed by atoms with E-state index in [9.17, 15) is 0 Å². The van der Waals surface area contributed by atoms with E-state index < -0.39 is 0 Å². The fourth-order valence-electron chi connectivity index (χ4n) is 2.09. The predicted molar refractivity (Wildman–Crippen MR) is 76.3 cm³/mol. The van der Waals surface area contributed by atoms with E-state index in [4.69, 9.17) is 0 Å². The molecule has 1 saturated carbocycles. The molecule has 1 fully saturated rings. The van der Waals surface area contributed by atoms with E-state index in [-0.39, 0.29) is 0 Å². The number of hydrogen-bond donors (Lipinski definition) is 1. The molecule has 0 heterocycles. The summed E-state index contributed by atoms with van der Waals surface area (Å²) >= 11 is 0. The van der Waals surface area contributed by atoms with Crippen LogP contribution in [0.2, 0.25) is 0 Å². The summed E-state index contributed by atoms with van der Waals surface area (Å²) in [5, 5.41) is 3.60. The topological polar surface area (TPSA) is 24.4 Å². The maximum absolute atomic E-state index is 4.62. The van der Waals surface area contributed by atoms with Gasteiger partial charge in [0.2, 0.25) is 0 Å². The first-order valence-corrected chi connectivity index (χ1v) is 6.66. The van der Waals surface area contributed by atoms with Gasteiger partial charge in [0.05, 0.1) is 0 Å². The van der Waals surface area contributed by atoms with Crippen LogP contribution in [0.4, 0.5) is 0 Å². The van der Waals surface area contributed by atoms with Crippen LogP contribution in [0.25, 0.3) is 0 Å². The van der Waals surface area contributed by atoms with Crippen molar-refractivity contribution in [2.75, 3.05) is 0 Å². The van der Waals surface area contributed by atoms with Gasteiger partial charge < -0.3 is 5.32 Å². The van der Waals surface area contributed by atoms with Crippen molar-refractivity contribution in [2.24, 2.45) is 4.99 Å². The molecule has 0 atom stereocenters. The molecule has 0 saturated heterocycles. The van der Waals surface area contributed by atoms with Gasteiger partial charge in [-0.3, -0.25) is 0 Å². The van der Waals surface area contributed by atoms with Crippen LogP contribution in [0.1, 0.15) is 59.8 Å². The first-order valence-electron chi connectivity index (χ1n) is 6.66. The number of nitrogens with one attached hydrogen (secondary N) is 1. The maximum atomic E-state index is 4.62. The van der Waals surface area contributed by atoms with Gasteiger partial charge in [-0.25, -0.2) is 4.99 Å². The standard InChI is InChI=1S/C15H26N2/c1-11(2)13(5)15(16-12(3)4)17-14-9-7-6-8-10-14/h14,17H,1,6-10H2,2-5H3/b15-13+. The molecule has 96 valence electrons. The molecule has 0 spiro atoms. The normalized spacial score (nSPS) is 18.4. The molecule has 0 unspecified atom stereocenters. The smallest absolute Gasteiger partial charge is 0.129 e. The minimum Gasteiger partial charge on any atom is -0.367 e. The molecule has 0 aliphatic heterocycles. The summed E-state index contributed by atoms with van der Waals surface area (Å²) < 4.78 is 0. The second-order valence-electron chi connectivity index (χ2n) is 5.29. The van der Waals surface area contributed by atoms with Crippen LogP contribution >= 0.6 is 0 Å². The minimum atomic E-state index is 0.594. The lowest BCUT2D eigenvalue weighted by Crippen LogP contribution is -2.30. The van der Waals surface area contributed by atoms with Crippen molar-refractivity contribution in [3.8, 4) is 0 Å². The van der Waals surface area contributed by atoms with E-state index in [0.717, 1.165) is 17.1 Å². The average Bonchev–Trinajstić information content (AvgIpc) is 2.28. The minimum absolute atomic E-state index is 0.594. The lowest BCUT2D eigenvalue weighted by molar-refractivity contribution is 0.394. The van der Waals surface area contributed by atoms with Gasteiger partial charge in [-0.2, -0.15) is 0 Å². The summed E-state index contributed by atoms with van der Waals surface area (Å²) in [7, 11) is 0. The zero-order valence-electron chi connectivity index (χ0n) is 11.8. The van der Waals surface area contributed by atoms with Crippen molar-refractivity contribution in [1.82, 2.24) is 5.32 Å². The zero-order chi connectivity index (χ0) is 12.8. The Morgan fingerprint density at radius 1 is 1.06 bits per heavy atom. The van der Waals surface area contributed by atoms with Crippen LogP contribution < -0.4 is 5.32 Å². The second kappa shape index (κ2) is 6.63. The first kappa shape index (κ1) is 14.0. The van der Waals surface area contributed by atoms with E-state index in [1.807, 2.05) is 20.8 Å². The molecule has 17 heavy (non-hydrogen) atoms. The lowest BCUT2D eigenvalue weighted by Gasteiger charge is -2.25. The van der Waals surface area contributed by atoms with Crippen LogP contribution in [-0.2, 0) is 0 Å². The summed E-state index contributed by atoms with van der Waals surface area (Å²) in [5.74, 6) is 1.02. The van der Waals surface area contributed by atoms with Crippen LogP contribution in [0, 0.1) is 0 Å². The summed E-state index contributed by atoms with van der Waals surface area (Å²) in [5.41, 5.74) is 3.36. The average molecular weight is 234 g/mol. The number of rotatable bonds is 4. The molecule has 2 heteroatoms. The van der Waals surface area contributed by atoms with Gasteiger partial charge in [-0.1, -0.05) is 31.4 Å². The largest absolute Gasteiger partial charge is 0.367 e. The molecule has 1 N–H and O–H groups in total. The fraction of sp³-hybridized carbons (Fsp3) is 0.667. The van der Waals surface area contributed by atoms with Gasteiger partial charge in [-0.05, 0) is 46.1 Å². The van der Waals surface area contributed by atoms with E-state index in [1.54, 1.807) is 0 Å². The van der Waals surface area contributed by atoms with Gasteiger partial charge in [0.25, 0.3) is 0 Å². The van der Waals surface area contributed by atoms with Gasteiger partial charge >= 0.3 is 0 Å². The Bertz CT molecular complexity index is 327. The Morgan fingerprint density at radius 2 is 1.65 bits per heavy atom. The Morgan fingerprint density at radius 3 is 2.12 bits per heavy atom. The lowest BCUT2D eigenvalue weighted by atomic mass is 9.95. The SMILES string of the molecule is C=C(C)/C(C)=C(\N=C(C)C)NC1CCCCC1. The molecule has 0 aromatic carbocycles. The highest BCUT2D eigenvalue weighted by molar-refractivity contribution is 5.80. The van der Waals surface area contributed by atoms with Gasteiger partial charge in [0.1, 0.15) is 5.82 Å². The van der Waals surface area contributed by atoms with Gasteiger partial charge in [0, 0.05) is 11.8 Å². The number of nitrogens with zero attached hydrogens (tertiary/aromatic N) is 1. The van der Waals surface area contributed by atoms with Crippen molar-refractivity contribution in [1.29, 1.82) is 0 Å². The molecule has 0 amide bonds. The molecule has 1 aliphatic rings. The predicted octanol–water partition coefficient (Wildman–Crippen LogP) is 4.20. The number of hydrogen-bond acceptors (Lipinski definition) is 2. The highest BCUT2D eigenvalue weighted by Gasteiger charge is 2.15. The third-order valence-corrected chi connectivity index (χ3v) is 3.28. The van der Waals surface area contributed by atoms with Crippen molar-refractivity contribution >= 4 is 5.71 Å². The molecule has 1 rings (SSSR count). The molecule has 0 aromatic rings. The molecule has 0 radical (unpaired) electrons. The first-order chi connectivity index (χ1) is 8.00. The Labute approximate surface area is 106 Å². The van der Waals surface area contributed by atoms with Crippen LogP contribution in [-0.4, -0.2) is 11.8 Å². The van der Waals surface area contributed by atoms with Crippen molar-refractivity contribution in [2.45, 2.75) is 65.8 Å². The van der Waals surface area contributed by atoms with Crippen LogP contribution in [0.5, 0.6) is 0 Å². The Balaban J connectivity index is 2.80. The van der Waals surface area contributed by atoms with Crippen molar-refractivity contribution < 1.29 is 0 Å². The Hall–Kier alpha value is -1.05. The van der Waals surface area contributed by atoms with E-state index in [1.165, 1.54) is 37.7 Å². The van der Waals surface area contributed by atoms with Gasteiger partial charge in [0.15, 0.2) is 0 Å². The van der Waals surface area contributed by atoms with E-state index in [0.29, 0.717) is 6.04 Å². The van der Waals surface area contributed by atoms with E-state index in [2.05, 4.69) is 23.8 Å². The van der Waals surface area contributed by atoms with Gasteiger partial charge in [-0.15, -0.1) is 0 Å². The second-order valence-corrected chi connectivity index (χ2v) is 5.29. The van der Waals surface area contributed by atoms with Crippen LogP contribution in [0.15, 0.2) is 28.5 Å². The summed E-state index contributed by atoms with van der Waals surface area (Å²) in [6.45, 7) is 12.2. The molecule has 0 bridgehead atoms. The zero-order valence-corrected chi connectivity index (χ0v) is 11.8. The quantitative estimate of drug-likeness (QED) is 0.572. The molecule has 2 nitrogen and oxygen atoms in total. The van der Waals surface area contributed by atoms with Crippen molar-refractivity contribution in [3.05, 3.63) is 23.5 Å². The fourth-order valence-corrected chi connectivity index (χ4v) is 2.09. The maximum Gasteiger partial charge on any atom is 0.129 e. The molecule has 1 aliphatic carbocycles. The Kier molecular flexibility index (Phi) is 5.46. The van der Waals surface area contributed by atoms with Crippen LogP contribution in [0.3, 0.4) is 0 Å². The highest BCUT2D eigenvalue weighted by atomic mass is 15.1. The molecule has 0 aromatic heterocycles. The summed E-state index contributed by atoms with van der Waals surface area (Å²) in [4.78, 5) is 4.62. The third kappa shape index (κ3) is 4.76. The highest BCUT2D eigenvalue weighted by Crippen LogP contribution is 2.20. The number of allylic oxidation sites excluding steroid dienone is 2. The van der Waals surface area contributed by atoms with Crippen molar-refractivity contribution in [3.63, 3.8) is 0 Å². The molecular formula is C15H26N2. The van der Waals surface area contributed by atoms with E-state index >= 15 is 0 Å².